The second kappa shape index (κ2) is 8.48. The summed E-state index contributed by atoms with van der Waals surface area (Å²) in [5.41, 5.74) is 2.91. The normalized spacial score (nSPS) is 25.0. The molecule has 1 saturated heterocycles. The van der Waals surface area contributed by atoms with E-state index in [-0.39, 0.29) is 27.9 Å². The fourth-order valence-electron chi connectivity index (χ4n) is 3.79. The number of nitrogens with zero attached hydrogens (tertiary/aromatic N) is 3. The summed E-state index contributed by atoms with van der Waals surface area (Å²) < 4.78 is 85.6. The average Bonchev–Trinajstić information content (AvgIpc) is 3.15. The number of benzene rings is 1. The van der Waals surface area contributed by atoms with Gasteiger partial charge in [-0.25, -0.2) is 23.1 Å². The van der Waals surface area contributed by atoms with Crippen LogP contribution in [-0.4, -0.2) is 45.7 Å². The minimum absolute atomic E-state index is 0.0130. The lowest BCUT2D eigenvalue weighted by atomic mass is 9.78. The summed E-state index contributed by atoms with van der Waals surface area (Å²) in [6, 6.07) is 3.30. The molecule has 1 aromatic heterocycles. The van der Waals surface area contributed by atoms with Crippen molar-refractivity contribution in [1.29, 1.82) is 0 Å². The summed E-state index contributed by atoms with van der Waals surface area (Å²) in [4.78, 5) is 23.6. The van der Waals surface area contributed by atoms with Crippen LogP contribution in [0.3, 0.4) is 0 Å². The molecule has 4 rings (SSSR count). The van der Waals surface area contributed by atoms with Gasteiger partial charge in [-0.15, -0.1) is 0 Å². The van der Waals surface area contributed by atoms with Crippen molar-refractivity contribution in [3.05, 3.63) is 53.4 Å². The van der Waals surface area contributed by atoms with Crippen LogP contribution >= 0.6 is 11.8 Å². The summed E-state index contributed by atoms with van der Waals surface area (Å²) in [6.07, 6.45) is -8.14. The van der Waals surface area contributed by atoms with E-state index in [1.165, 1.54) is 6.07 Å². The van der Waals surface area contributed by atoms with Crippen molar-refractivity contribution in [2.45, 2.75) is 24.2 Å². The van der Waals surface area contributed by atoms with Crippen molar-refractivity contribution in [2.75, 3.05) is 17.7 Å². The summed E-state index contributed by atoms with van der Waals surface area (Å²) in [5.74, 6) is -3.04. The van der Waals surface area contributed by atoms with Crippen molar-refractivity contribution < 1.29 is 35.9 Å². The van der Waals surface area contributed by atoms with Gasteiger partial charge in [-0.1, -0.05) is 11.8 Å². The largest absolute Gasteiger partial charge is 0.415 e. The number of hydrogen-bond donors (Lipinski definition) is 2. The Morgan fingerprint density at radius 1 is 1.27 bits per heavy atom. The van der Waals surface area contributed by atoms with Crippen molar-refractivity contribution in [2.24, 2.45) is 16.6 Å². The highest BCUT2D eigenvalue weighted by atomic mass is 32.2. The molecule has 33 heavy (non-hydrogen) atoms. The molecule has 14 heteroatoms. The zero-order valence-electron chi connectivity index (χ0n) is 16.4. The molecular weight excluding hydrogens is 476 g/mol. The SMILES string of the molecule is NC1=NC2(c3cc(NC(=O)c4cnc(C(F)F)cn4)ccc3F)COC(C(F)(F)F)C2CS1. The molecule has 0 radical (unpaired) electrons. The van der Waals surface area contributed by atoms with Gasteiger partial charge in [-0.2, -0.15) is 13.2 Å². The molecule has 0 spiro atoms. The summed E-state index contributed by atoms with van der Waals surface area (Å²) in [5, 5.41) is 2.39. The Morgan fingerprint density at radius 3 is 2.67 bits per heavy atom. The molecule has 2 aromatic rings. The number of ether oxygens (including phenoxy) is 1. The third kappa shape index (κ3) is 4.36. The van der Waals surface area contributed by atoms with Gasteiger partial charge in [0.15, 0.2) is 11.3 Å². The van der Waals surface area contributed by atoms with E-state index in [0.717, 1.165) is 36.3 Å². The van der Waals surface area contributed by atoms with Gasteiger partial charge in [0.25, 0.3) is 12.3 Å². The Bertz CT molecular complexity index is 1100. The zero-order chi connectivity index (χ0) is 24.0. The van der Waals surface area contributed by atoms with Gasteiger partial charge in [0.2, 0.25) is 0 Å². The number of aromatic nitrogens is 2. The number of thioether (sulfide) groups is 1. The molecule has 0 saturated carbocycles. The van der Waals surface area contributed by atoms with Crippen LogP contribution in [0.25, 0.3) is 0 Å². The van der Waals surface area contributed by atoms with E-state index >= 15 is 0 Å². The van der Waals surface area contributed by atoms with Gasteiger partial charge in [0, 0.05) is 22.9 Å². The zero-order valence-corrected chi connectivity index (χ0v) is 17.3. The topological polar surface area (TPSA) is 102 Å². The van der Waals surface area contributed by atoms with E-state index in [2.05, 4.69) is 20.3 Å². The van der Waals surface area contributed by atoms with Gasteiger partial charge in [0.1, 0.15) is 22.7 Å². The van der Waals surface area contributed by atoms with Gasteiger partial charge in [0.05, 0.1) is 19.0 Å². The minimum Gasteiger partial charge on any atom is -0.379 e. The quantitative estimate of drug-likeness (QED) is 0.634. The Morgan fingerprint density at radius 2 is 2.03 bits per heavy atom. The van der Waals surface area contributed by atoms with Gasteiger partial charge >= 0.3 is 6.18 Å². The van der Waals surface area contributed by atoms with Crippen LogP contribution in [0.15, 0.2) is 35.6 Å². The van der Waals surface area contributed by atoms with Crippen LogP contribution in [0.5, 0.6) is 0 Å². The van der Waals surface area contributed by atoms with Crippen molar-refractivity contribution in [3.63, 3.8) is 0 Å². The first-order chi connectivity index (χ1) is 15.5. The maximum absolute atomic E-state index is 14.9. The molecular formula is C19H15F6N5O2S. The van der Waals surface area contributed by atoms with Gasteiger partial charge < -0.3 is 15.8 Å². The smallest absolute Gasteiger partial charge is 0.379 e. The Hall–Kier alpha value is -2.87. The number of alkyl halides is 5. The first-order valence-electron chi connectivity index (χ1n) is 9.39. The fraction of sp³-hybridized carbons (Fsp3) is 0.368. The van der Waals surface area contributed by atoms with Crippen LogP contribution in [-0.2, 0) is 10.3 Å². The van der Waals surface area contributed by atoms with E-state index in [0.29, 0.717) is 0 Å². The number of rotatable bonds is 4. The summed E-state index contributed by atoms with van der Waals surface area (Å²) >= 11 is 0.916. The molecule has 0 bridgehead atoms. The molecule has 3 heterocycles. The predicted octanol–water partition coefficient (Wildman–Crippen LogP) is 3.64. The van der Waals surface area contributed by atoms with Crippen molar-refractivity contribution >= 4 is 28.5 Å². The number of halogens is 6. The molecule has 1 fully saturated rings. The monoisotopic (exact) mass is 491 g/mol. The Kier molecular flexibility index (Phi) is 5.99. The molecule has 1 amide bonds. The second-order valence-electron chi connectivity index (χ2n) is 7.34. The first-order valence-corrected chi connectivity index (χ1v) is 10.4. The van der Waals surface area contributed by atoms with Crippen molar-refractivity contribution in [1.82, 2.24) is 9.97 Å². The molecule has 3 atom stereocenters. The number of amides is 1. The first kappa shape index (κ1) is 23.3. The van der Waals surface area contributed by atoms with E-state index in [4.69, 9.17) is 10.5 Å². The predicted molar refractivity (Wildman–Crippen MR) is 106 cm³/mol. The van der Waals surface area contributed by atoms with Crippen molar-refractivity contribution in [3.8, 4) is 0 Å². The molecule has 1 aromatic carbocycles. The van der Waals surface area contributed by atoms with E-state index in [1.807, 2.05) is 0 Å². The van der Waals surface area contributed by atoms with Crippen LogP contribution in [0.1, 0.15) is 28.2 Å². The lowest BCUT2D eigenvalue weighted by Crippen LogP contribution is -2.46. The van der Waals surface area contributed by atoms with Gasteiger partial charge in [-0.05, 0) is 18.2 Å². The number of fused-ring (bicyclic) bond motifs is 1. The van der Waals surface area contributed by atoms with E-state index in [9.17, 15) is 31.1 Å². The molecule has 2 aliphatic rings. The molecule has 3 unspecified atom stereocenters. The molecule has 0 aliphatic carbocycles. The maximum Gasteiger partial charge on any atom is 0.415 e. The molecule has 3 N–H and O–H groups in total. The number of anilines is 1. The number of nitrogens with one attached hydrogen (secondary N) is 1. The summed E-state index contributed by atoms with van der Waals surface area (Å²) in [6.45, 7) is -0.558. The third-order valence-corrected chi connectivity index (χ3v) is 6.24. The highest BCUT2D eigenvalue weighted by Gasteiger charge is 2.62. The standard InChI is InChI=1S/C19H15F6N5O2S/c20-11-2-1-8(29-16(31)13-5-27-12(4-28-13)15(21)22)3-9(11)18-7-32-14(19(23,24)25)10(18)6-33-17(26)30-18/h1-5,10,14-15H,6-7H2,(H2,26,30)(H,29,31). The molecule has 176 valence electrons. The maximum atomic E-state index is 14.9. The number of amidine groups is 1. The van der Waals surface area contributed by atoms with Crippen LogP contribution in [0, 0.1) is 11.7 Å². The fourth-order valence-corrected chi connectivity index (χ4v) is 4.82. The number of carbonyl (C=O) groups is 1. The highest BCUT2D eigenvalue weighted by molar-refractivity contribution is 8.13. The molecule has 2 aliphatic heterocycles. The third-order valence-electron chi connectivity index (χ3n) is 5.32. The number of nitrogens with two attached hydrogens (primary N) is 1. The van der Waals surface area contributed by atoms with Crippen LogP contribution in [0.4, 0.5) is 32.0 Å². The number of carbonyl (C=O) groups excluding carboxylic acids is 1. The van der Waals surface area contributed by atoms with Crippen LogP contribution in [0.2, 0.25) is 0 Å². The van der Waals surface area contributed by atoms with Gasteiger partial charge in [-0.3, -0.25) is 9.78 Å². The summed E-state index contributed by atoms with van der Waals surface area (Å²) in [7, 11) is 0. The number of hydrogen-bond acceptors (Lipinski definition) is 7. The second-order valence-corrected chi connectivity index (χ2v) is 8.38. The number of aliphatic imine (C=N–C) groups is 1. The lowest BCUT2D eigenvalue weighted by molar-refractivity contribution is -0.215. The molecule has 7 nitrogen and oxygen atoms in total. The lowest BCUT2D eigenvalue weighted by Gasteiger charge is -2.36. The highest BCUT2D eigenvalue weighted by Crippen LogP contribution is 2.52. The van der Waals surface area contributed by atoms with E-state index < -0.39 is 54.2 Å². The Balaban J connectivity index is 1.66. The average molecular weight is 491 g/mol. The Labute approximate surface area is 186 Å². The minimum atomic E-state index is -4.69. The van der Waals surface area contributed by atoms with E-state index in [1.54, 1.807) is 0 Å². The van der Waals surface area contributed by atoms with Crippen LogP contribution < -0.4 is 11.1 Å².